The molecule has 124 valence electrons. The molecule has 2 aromatic carbocycles. The second-order valence-corrected chi connectivity index (χ2v) is 7.16. The molecule has 2 aromatic rings. The molecule has 0 saturated heterocycles. The van der Waals surface area contributed by atoms with Crippen molar-refractivity contribution in [2.45, 2.75) is 24.0 Å². The Balaban J connectivity index is 1.89. The first-order valence-electron chi connectivity index (χ1n) is 7.35. The van der Waals surface area contributed by atoms with Crippen LogP contribution in [0.15, 0.2) is 57.9 Å². The van der Waals surface area contributed by atoms with Gasteiger partial charge in [0.1, 0.15) is 23.4 Å². The van der Waals surface area contributed by atoms with E-state index in [9.17, 15) is 4.79 Å². The molecule has 24 heavy (non-hydrogen) atoms. The van der Waals surface area contributed by atoms with Gasteiger partial charge in [-0.1, -0.05) is 27.9 Å². The Bertz CT molecular complexity index is 747. The van der Waals surface area contributed by atoms with E-state index in [0.717, 1.165) is 15.1 Å². The maximum absolute atomic E-state index is 12.2. The van der Waals surface area contributed by atoms with E-state index in [1.165, 1.54) is 11.8 Å². The lowest BCUT2D eigenvalue weighted by Crippen LogP contribution is -2.19. The molecule has 2 rings (SSSR count). The molecule has 1 atom stereocenters. The quantitative estimate of drug-likeness (QED) is 0.295. The fourth-order valence-corrected chi connectivity index (χ4v) is 3.01. The van der Waals surface area contributed by atoms with E-state index < -0.39 is 0 Å². The van der Waals surface area contributed by atoms with Gasteiger partial charge in [0.25, 0.3) is 0 Å². The summed E-state index contributed by atoms with van der Waals surface area (Å²) in [7, 11) is 0. The van der Waals surface area contributed by atoms with E-state index in [4.69, 9.17) is 9.47 Å². The fraction of sp³-hybridized carbons (Fsp3) is 0.211. The van der Waals surface area contributed by atoms with Crippen molar-refractivity contribution in [2.24, 2.45) is 0 Å². The Kier molecular flexibility index (Phi) is 7.23. The first-order valence-corrected chi connectivity index (χ1v) is 9.02. The summed E-state index contributed by atoms with van der Waals surface area (Å²) < 4.78 is 11.7. The third-order valence-electron chi connectivity index (χ3n) is 2.97. The molecule has 0 fully saturated rings. The van der Waals surface area contributed by atoms with Crippen molar-refractivity contribution in [3.05, 3.63) is 53.0 Å². The van der Waals surface area contributed by atoms with Crippen LogP contribution in [0.5, 0.6) is 11.5 Å². The van der Waals surface area contributed by atoms with Gasteiger partial charge in [-0.15, -0.1) is 17.7 Å². The lowest BCUT2D eigenvalue weighted by Gasteiger charge is -2.11. The highest BCUT2D eigenvalue weighted by Crippen LogP contribution is 2.27. The van der Waals surface area contributed by atoms with Crippen LogP contribution in [0, 0.1) is 11.8 Å². The van der Waals surface area contributed by atoms with Crippen LogP contribution in [0.25, 0.3) is 0 Å². The van der Waals surface area contributed by atoms with Gasteiger partial charge < -0.3 is 9.47 Å². The number of rotatable bonds is 6. The van der Waals surface area contributed by atoms with Gasteiger partial charge in [-0.25, -0.2) is 0 Å². The topological polar surface area (TPSA) is 35.5 Å². The summed E-state index contributed by atoms with van der Waals surface area (Å²) in [5, 5.41) is -0.318. The van der Waals surface area contributed by atoms with Gasteiger partial charge in [-0.05, 0) is 56.3 Å². The van der Waals surface area contributed by atoms with Crippen LogP contribution in [0.2, 0.25) is 0 Å². The largest absolute Gasteiger partial charge is 0.481 e. The number of carbonyl (C=O) groups is 1. The molecule has 0 aliphatic rings. The molecule has 0 aromatic heterocycles. The Hall–Kier alpha value is -1.90. The van der Waals surface area contributed by atoms with Crippen LogP contribution in [0.4, 0.5) is 0 Å². The molecule has 0 amide bonds. The van der Waals surface area contributed by atoms with Crippen molar-refractivity contribution in [3.63, 3.8) is 0 Å². The molecule has 0 aliphatic heterocycles. The minimum atomic E-state index is -0.318. The van der Waals surface area contributed by atoms with Crippen molar-refractivity contribution in [2.75, 3.05) is 6.61 Å². The molecule has 0 bridgehead atoms. The summed E-state index contributed by atoms with van der Waals surface area (Å²) in [6.45, 7) is 3.97. The van der Waals surface area contributed by atoms with Crippen molar-refractivity contribution in [1.29, 1.82) is 0 Å². The van der Waals surface area contributed by atoms with Crippen molar-refractivity contribution in [3.8, 4) is 23.3 Å². The molecule has 1 unspecified atom stereocenters. The minimum Gasteiger partial charge on any atom is -0.481 e. The average molecular weight is 405 g/mol. The van der Waals surface area contributed by atoms with Gasteiger partial charge in [0.15, 0.2) is 0 Å². The zero-order valence-electron chi connectivity index (χ0n) is 13.4. The Morgan fingerprint density at radius 3 is 2.62 bits per heavy atom. The number of ether oxygens (including phenoxy) is 2. The van der Waals surface area contributed by atoms with E-state index in [-0.39, 0.29) is 11.2 Å². The van der Waals surface area contributed by atoms with Gasteiger partial charge in [-0.3, -0.25) is 4.79 Å². The first kappa shape index (κ1) is 18.4. The van der Waals surface area contributed by atoms with Gasteiger partial charge in [0.05, 0.1) is 0 Å². The molecule has 0 saturated carbocycles. The van der Waals surface area contributed by atoms with E-state index in [1.54, 1.807) is 19.1 Å². The monoisotopic (exact) mass is 404 g/mol. The molecule has 0 aliphatic carbocycles. The second-order valence-electron chi connectivity index (χ2n) is 4.83. The first-order chi connectivity index (χ1) is 11.6. The number of thioether (sulfide) groups is 1. The Morgan fingerprint density at radius 2 is 1.96 bits per heavy atom. The number of hydrogen-bond donors (Lipinski definition) is 0. The van der Waals surface area contributed by atoms with Crippen molar-refractivity contribution < 1.29 is 14.3 Å². The normalized spacial score (nSPS) is 11.1. The molecular weight excluding hydrogens is 388 g/mol. The summed E-state index contributed by atoms with van der Waals surface area (Å²) in [4.78, 5) is 13.1. The summed E-state index contributed by atoms with van der Waals surface area (Å²) >= 11 is 4.80. The average Bonchev–Trinajstić information content (AvgIpc) is 2.56. The van der Waals surface area contributed by atoms with Gasteiger partial charge in [0.2, 0.25) is 0 Å². The smallest absolute Gasteiger partial charge is 0.324 e. The molecular formula is C19H17BrO3S. The predicted molar refractivity (Wildman–Crippen MR) is 100 cm³/mol. The summed E-state index contributed by atoms with van der Waals surface area (Å²) in [5.74, 6) is 6.63. The van der Waals surface area contributed by atoms with Gasteiger partial charge >= 0.3 is 5.97 Å². The van der Waals surface area contributed by atoms with Crippen LogP contribution in [0.3, 0.4) is 0 Å². The van der Waals surface area contributed by atoms with Crippen LogP contribution in [-0.2, 0) is 4.79 Å². The van der Waals surface area contributed by atoms with E-state index in [2.05, 4.69) is 27.8 Å². The van der Waals surface area contributed by atoms with Gasteiger partial charge in [-0.2, -0.15) is 0 Å². The van der Waals surface area contributed by atoms with Crippen LogP contribution < -0.4 is 9.47 Å². The highest BCUT2D eigenvalue weighted by molar-refractivity contribution is 9.10. The maximum Gasteiger partial charge on any atom is 0.324 e. The number of hydrogen-bond acceptors (Lipinski definition) is 4. The highest BCUT2D eigenvalue weighted by atomic mass is 79.9. The van der Waals surface area contributed by atoms with Gasteiger partial charge in [0, 0.05) is 9.37 Å². The molecule has 0 heterocycles. The zero-order valence-corrected chi connectivity index (χ0v) is 15.8. The van der Waals surface area contributed by atoms with Crippen molar-refractivity contribution >= 4 is 33.7 Å². The number of esters is 1. The third kappa shape index (κ3) is 5.95. The van der Waals surface area contributed by atoms with Crippen LogP contribution in [0.1, 0.15) is 13.8 Å². The summed E-state index contributed by atoms with van der Waals surface area (Å²) in [6, 6.07) is 14.8. The lowest BCUT2D eigenvalue weighted by atomic mass is 10.3. The summed E-state index contributed by atoms with van der Waals surface area (Å²) in [5.41, 5.74) is 0. The molecule has 0 N–H and O–H groups in total. The van der Waals surface area contributed by atoms with E-state index in [1.807, 2.05) is 43.3 Å². The summed E-state index contributed by atoms with van der Waals surface area (Å²) in [6.07, 6.45) is 0. The number of benzene rings is 2. The Morgan fingerprint density at radius 1 is 1.21 bits per heavy atom. The lowest BCUT2D eigenvalue weighted by molar-refractivity contribution is -0.133. The molecule has 5 heteroatoms. The number of carbonyl (C=O) groups excluding carboxylic acids is 1. The molecule has 3 nitrogen and oxygen atoms in total. The van der Waals surface area contributed by atoms with Crippen LogP contribution >= 0.6 is 27.7 Å². The minimum absolute atomic E-state index is 0.281. The zero-order chi connectivity index (χ0) is 17.4. The highest BCUT2D eigenvalue weighted by Gasteiger charge is 2.17. The number of halogens is 1. The van der Waals surface area contributed by atoms with Crippen molar-refractivity contribution in [1.82, 2.24) is 0 Å². The van der Waals surface area contributed by atoms with E-state index in [0.29, 0.717) is 12.4 Å². The van der Waals surface area contributed by atoms with E-state index >= 15 is 0 Å². The fourth-order valence-electron chi connectivity index (χ4n) is 1.79. The second kappa shape index (κ2) is 9.41. The third-order valence-corrected chi connectivity index (χ3v) is 4.55. The standard InChI is InChI=1S/C19H17BrO3S/c1-3-4-12-22-16-8-10-18(11-9-16)24-14(2)19(21)23-17-7-5-6-15(20)13-17/h5-11,13-14H,12H2,1-2H3. The predicted octanol–water partition coefficient (Wildman–Crippen LogP) is 4.94. The molecule has 0 radical (unpaired) electrons. The van der Waals surface area contributed by atoms with Crippen LogP contribution in [-0.4, -0.2) is 17.8 Å². The molecule has 0 spiro atoms. The Labute approximate surface area is 154 Å². The maximum atomic E-state index is 12.2. The SMILES string of the molecule is CC#CCOc1ccc(SC(C)C(=O)Oc2cccc(Br)c2)cc1.